The Bertz CT molecular complexity index is 505. The molecule has 0 aromatic heterocycles. The molecular weight excluding hydrogens is 372 g/mol. The minimum atomic E-state index is 0.210. The first-order chi connectivity index (χ1) is 11.1. The number of hydrogen-bond acceptors (Lipinski definition) is 0. The van der Waals surface area contributed by atoms with Gasteiger partial charge in [0.2, 0.25) is 0 Å². The molecule has 0 amide bonds. The van der Waals surface area contributed by atoms with Crippen LogP contribution in [0.2, 0.25) is 13.1 Å². The topological polar surface area (TPSA) is 0 Å². The van der Waals surface area contributed by atoms with E-state index in [4.69, 9.17) is 0 Å². The Morgan fingerprint density at radius 2 is 1.87 bits per heavy atom. The van der Waals surface area contributed by atoms with E-state index < -0.39 is 0 Å². The Morgan fingerprint density at radius 1 is 1.17 bits per heavy atom. The summed E-state index contributed by atoms with van der Waals surface area (Å²) in [6.07, 6.45) is 26.1. The van der Waals surface area contributed by atoms with Crippen LogP contribution in [0.5, 0.6) is 0 Å². The van der Waals surface area contributed by atoms with Gasteiger partial charge < -0.3 is 6.42 Å². The average molecular weight is 402 g/mol. The van der Waals surface area contributed by atoms with Crippen LogP contribution in [-0.2, 0) is 23.3 Å². The molecule has 0 radical (unpaired) electrons. The van der Waals surface area contributed by atoms with E-state index in [9.17, 15) is 0 Å². The van der Waals surface area contributed by atoms with Crippen LogP contribution in [0.1, 0.15) is 39.0 Å². The van der Waals surface area contributed by atoms with Gasteiger partial charge in [-0.25, -0.2) is 11.6 Å². The van der Waals surface area contributed by atoms with E-state index in [1.807, 2.05) is 0 Å². The minimum absolute atomic E-state index is 0.210. The molecule has 4 unspecified atom stereocenters. The van der Waals surface area contributed by atoms with E-state index in [0.29, 0.717) is 0 Å². The van der Waals surface area contributed by atoms with Crippen LogP contribution in [0.15, 0.2) is 42.0 Å². The molecule has 4 atom stereocenters. The standard InChI is InChI=1S/C13H17.C6H7.C2H6Si.Zr/c1-3-7-12-10(5-1)9-11-6-2-4-8-13(11)12;1-6-4-2-3-5-6;1-3-2;/h1,3,5,7,9-13H,2,4,6,8H2;2,4H,3H2,1H3;1-2H3;/q2*-1;;+2. The van der Waals surface area contributed by atoms with Gasteiger partial charge in [-0.1, -0.05) is 56.8 Å². The number of hydrogen-bond donors (Lipinski definition) is 0. The maximum atomic E-state index is 3.12. The van der Waals surface area contributed by atoms with Gasteiger partial charge in [0.1, 0.15) is 0 Å². The van der Waals surface area contributed by atoms with Crippen molar-refractivity contribution in [1.82, 2.24) is 0 Å². The number of rotatable bonds is 0. The number of allylic oxidation sites excluding steroid dienone is 8. The van der Waals surface area contributed by atoms with Gasteiger partial charge in [0.15, 0.2) is 0 Å². The fourth-order valence-corrected chi connectivity index (χ4v) is 3.97. The summed E-state index contributed by atoms with van der Waals surface area (Å²) >= 11 is 1.74. The van der Waals surface area contributed by atoms with Crippen molar-refractivity contribution in [1.29, 1.82) is 0 Å². The van der Waals surface area contributed by atoms with Crippen molar-refractivity contribution in [3.8, 4) is 0 Å². The van der Waals surface area contributed by atoms with E-state index in [1.165, 1.54) is 31.3 Å². The summed E-state index contributed by atoms with van der Waals surface area (Å²) in [6, 6.07) is 0. The predicted octanol–water partition coefficient (Wildman–Crippen LogP) is 5.85. The van der Waals surface area contributed by atoms with Crippen LogP contribution in [-0.4, -0.2) is 5.43 Å². The van der Waals surface area contributed by atoms with Gasteiger partial charge in [-0.3, -0.25) is 6.08 Å². The zero-order chi connectivity index (χ0) is 16.7. The van der Waals surface area contributed by atoms with Crippen LogP contribution < -0.4 is 0 Å². The van der Waals surface area contributed by atoms with E-state index in [0.717, 1.165) is 30.1 Å². The van der Waals surface area contributed by atoms with E-state index in [1.54, 1.807) is 23.3 Å². The van der Waals surface area contributed by atoms with Crippen molar-refractivity contribution in [2.45, 2.75) is 52.1 Å². The van der Waals surface area contributed by atoms with Gasteiger partial charge in [0, 0.05) is 0 Å². The summed E-state index contributed by atoms with van der Waals surface area (Å²) < 4.78 is 0. The SMILES string of the molecule is C1=CC2[CH-]C3CCCCC3C2C=C1.CC1=[C-]CC=C1.C[Si](C)=[Zr+2]. The van der Waals surface area contributed by atoms with Crippen LogP contribution in [0, 0.1) is 36.2 Å². The molecule has 0 aromatic rings. The summed E-state index contributed by atoms with van der Waals surface area (Å²) in [7, 11) is 0. The average Bonchev–Trinajstić information content (AvgIpc) is 3.13. The van der Waals surface area contributed by atoms with E-state index in [-0.39, 0.29) is 5.43 Å². The van der Waals surface area contributed by atoms with Gasteiger partial charge in [0.05, 0.1) is 0 Å². The zero-order valence-corrected chi connectivity index (χ0v) is 18.3. The van der Waals surface area contributed by atoms with E-state index >= 15 is 0 Å². The molecule has 4 rings (SSSR count). The fourth-order valence-electron chi connectivity index (χ4n) is 3.97. The second kappa shape index (κ2) is 10.1. The summed E-state index contributed by atoms with van der Waals surface area (Å²) in [4.78, 5) is 0. The van der Waals surface area contributed by atoms with E-state index in [2.05, 4.69) is 69.0 Å². The summed E-state index contributed by atoms with van der Waals surface area (Å²) in [5.41, 5.74) is 1.48. The van der Waals surface area contributed by atoms with Crippen molar-refractivity contribution in [3.63, 3.8) is 0 Å². The Kier molecular flexibility index (Phi) is 8.55. The first-order valence-corrected chi connectivity index (χ1v) is 15.2. The van der Waals surface area contributed by atoms with Crippen molar-refractivity contribution < 1.29 is 23.3 Å². The molecule has 4 aliphatic carbocycles. The normalized spacial score (nSPS) is 32.8. The zero-order valence-electron chi connectivity index (χ0n) is 14.9. The molecule has 0 N–H and O–H groups in total. The van der Waals surface area contributed by atoms with Crippen molar-refractivity contribution in [2.75, 3.05) is 0 Å². The Morgan fingerprint density at radius 3 is 2.48 bits per heavy atom. The molecule has 122 valence electrons. The van der Waals surface area contributed by atoms with Crippen LogP contribution in [0.4, 0.5) is 0 Å². The monoisotopic (exact) mass is 400 g/mol. The maximum absolute atomic E-state index is 3.12. The Balaban J connectivity index is 0.000000161. The summed E-state index contributed by atoms with van der Waals surface area (Å²) in [5.74, 6) is 3.56. The molecule has 0 aliphatic heterocycles. The fraction of sp³-hybridized carbons (Fsp3) is 0.571. The Labute approximate surface area is 158 Å². The quantitative estimate of drug-likeness (QED) is 0.353. The molecule has 0 nitrogen and oxygen atoms in total. The summed E-state index contributed by atoms with van der Waals surface area (Å²) in [5, 5.41) is 0. The second-order valence-electron chi connectivity index (χ2n) is 7.20. The first kappa shape index (κ1) is 19.4. The third-order valence-electron chi connectivity index (χ3n) is 4.93. The van der Waals surface area contributed by atoms with Crippen LogP contribution in [0.25, 0.3) is 0 Å². The molecule has 2 fully saturated rings. The number of fused-ring (bicyclic) bond motifs is 3. The molecule has 4 aliphatic rings. The Hall–Kier alpha value is 0.0600. The molecule has 0 spiro atoms. The third-order valence-corrected chi connectivity index (χ3v) is 4.93. The summed E-state index contributed by atoms with van der Waals surface area (Å²) in [6.45, 7) is 6.68. The van der Waals surface area contributed by atoms with Gasteiger partial charge in [-0.2, -0.15) is 12.0 Å². The predicted molar refractivity (Wildman–Crippen MR) is 98.7 cm³/mol. The first-order valence-electron chi connectivity index (χ1n) is 9.03. The molecule has 2 heteroatoms. The van der Waals surface area contributed by atoms with Crippen molar-refractivity contribution >= 4 is 5.43 Å². The molecule has 0 saturated heterocycles. The van der Waals surface area contributed by atoms with Gasteiger partial charge in [-0.15, -0.1) is 18.4 Å². The second-order valence-corrected chi connectivity index (χ2v) is 16.6. The molecule has 0 aromatic carbocycles. The van der Waals surface area contributed by atoms with Gasteiger partial charge >= 0.3 is 41.9 Å². The third kappa shape index (κ3) is 6.46. The van der Waals surface area contributed by atoms with Crippen molar-refractivity contribution in [3.05, 3.63) is 54.5 Å². The van der Waals surface area contributed by atoms with Crippen LogP contribution in [0.3, 0.4) is 0 Å². The van der Waals surface area contributed by atoms with Gasteiger partial charge in [0.25, 0.3) is 0 Å². The van der Waals surface area contributed by atoms with Crippen LogP contribution >= 0.6 is 0 Å². The van der Waals surface area contributed by atoms with Crippen molar-refractivity contribution in [2.24, 2.45) is 23.7 Å². The molecule has 2 saturated carbocycles. The molecule has 0 heterocycles. The molecular formula is C21H30SiZr. The molecule has 0 bridgehead atoms. The van der Waals surface area contributed by atoms with Gasteiger partial charge in [-0.05, 0) is 5.92 Å². The molecule has 23 heavy (non-hydrogen) atoms.